The number of anilines is 1. The standard InChI is InChI=1S/C16H17N5O7S/c1-9-17-14(20-16(18-9)26-2)19-15(23)21-29(24,25)12-6-4-3-5-11(12)13(22)28-8-10-7-27-10/h3-6,10H,7-8H2,1-2H3,(H2,17,18,19,20,21,23). The fourth-order valence-electron chi connectivity index (χ4n) is 2.19. The van der Waals surface area contributed by atoms with Gasteiger partial charge in [0, 0.05) is 0 Å². The van der Waals surface area contributed by atoms with Crippen LogP contribution >= 0.6 is 0 Å². The molecule has 3 rings (SSSR count). The van der Waals surface area contributed by atoms with Crippen LogP contribution in [0.15, 0.2) is 29.2 Å². The topological polar surface area (TPSA) is 162 Å². The molecule has 0 spiro atoms. The summed E-state index contributed by atoms with van der Waals surface area (Å²) < 4.78 is 41.9. The number of nitrogens with one attached hydrogen (secondary N) is 2. The molecule has 1 aliphatic rings. The van der Waals surface area contributed by atoms with Crippen molar-refractivity contribution in [3.05, 3.63) is 35.7 Å². The van der Waals surface area contributed by atoms with E-state index in [1.807, 2.05) is 0 Å². The molecule has 0 radical (unpaired) electrons. The van der Waals surface area contributed by atoms with Gasteiger partial charge in [-0.2, -0.15) is 15.0 Å². The fraction of sp³-hybridized carbons (Fsp3) is 0.312. The van der Waals surface area contributed by atoms with Crippen LogP contribution < -0.4 is 14.8 Å². The number of benzene rings is 1. The predicted molar refractivity (Wildman–Crippen MR) is 96.9 cm³/mol. The van der Waals surface area contributed by atoms with E-state index in [0.717, 1.165) is 0 Å². The molecule has 1 aromatic carbocycles. The van der Waals surface area contributed by atoms with Crippen molar-refractivity contribution in [1.82, 2.24) is 19.7 Å². The van der Waals surface area contributed by atoms with Gasteiger partial charge in [-0.05, 0) is 19.1 Å². The van der Waals surface area contributed by atoms with Crippen molar-refractivity contribution in [1.29, 1.82) is 0 Å². The SMILES string of the molecule is COc1nc(C)nc(NC(=O)NS(=O)(=O)c2ccccc2C(=O)OCC2CO2)n1. The molecule has 2 heterocycles. The summed E-state index contributed by atoms with van der Waals surface area (Å²) >= 11 is 0. The van der Waals surface area contributed by atoms with Gasteiger partial charge in [-0.15, -0.1) is 0 Å². The number of aromatic nitrogens is 3. The first-order valence-electron chi connectivity index (χ1n) is 8.26. The summed E-state index contributed by atoms with van der Waals surface area (Å²) in [6.45, 7) is 2.04. The molecule has 13 heteroatoms. The zero-order valence-electron chi connectivity index (χ0n) is 15.4. The van der Waals surface area contributed by atoms with Crippen molar-refractivity contribution in [3.8, 4) is 6.01 Å². The Kier molecular flexibility index (Phi) is 5.89. The second-order valence-electron chi connectivity index (χ2n) is 5.80. The molecule has 2 aromatic rings. The van der Waals surface area contributed by atoms with Crippen LogP contribution in [0, 0.1) is 6.92 Å². The number of sulfonamides is 1. The molecular formula is C16H17N5O7S. The summed E-state index contributed by atoms with van der Waals surface area (Å²) in [5.74, 6) is -0.804. The van der Waals surface area contributed by atoms with E-state index in [9.17, 15) is 18.0 Å². The number of urea groups is 1. The molecule has 2 amide bonds. The number of amides is 2. The van der Waals surface area contributed by atoms with Gasteiger partial charge < -0.3 is 14.2 Å². The maximum atomic E-state index is 12.6. The summed E-state index contributed by atoms with van der Waals surface area (Å²) in [5, 5.41) is 2.18. The van der Waals surface area contributed by atoms with Gasteiger partial charge in [0.1, 0.15) is 23.4 Å². The predicted octanol–water partition coefficient (Wildman–Crippen LogP) is 0.255. The third kappa shape index (κ3) is 5.36. The zero-order chi connectivity index (χ0) is 21.0. The Morgan fingerprint density at radius 2 is 1.97 bits per heavy atom. The first kappa shape index (κ1) is 20.4. The van der Waals surface area contributed by atoms with Gasteiger partial charge in [0.25, 0.3) is 10.0 Å². The third-order valence-corrected chi connectivity index (χ3v) is 4.95. The molecule has 0 saturated carbocycles. The van der Waals surface area contributed by atoms with Crippen molar-refractivity contribution in [3.63, 3.8) is 0 Å². The average Bonchev–Trinajstić information content (AvgIpc) is 3.49. The monoisotopic (exact) mass is 423 g/mol. The van der Waals surface area contributed by atoms with Gasteiger partial charge in [-0.1, -0.05) is 12.1 Å². The van der Waals surface area contributed by atoms with E-state index >= 15 is 0 Å². The molecule has 1 unspecified atom stereocenters. The molecule has 1 atom stereocenters. The highest BCUT2D eigenvalue weighted by atomic mass is 32.2. The fourth-order valence-corrected chi connectivity index (χ4v) is 3.29. The molecule has 1 fully saturated rings. The quantitative estimate of drug-likeness (QED) is 0.466. The Morgan fingerprint density at radius 3 is 2.66 bits per heavy atom. The van der Waals surface area contributed by atoms with E-state index in [4.69, 9.17) is 14.2 Å². The van der Waals surface area contributed by atoms with Gasteiger partial charge in [0.05, 0.1) is 19.3 Å². The van der Waals surface area contributed by atoms with Crippen molar-refractivity contribution in [2.24, 2.45) is 0 Å². The van der Waals surface area contributed by atoms with Crippen LogP contribution in [0.5, 0.6) is 6.01 Å². The minimum Gasteiger partial charge on any atom is -0.467 e. The maximum absolute atomic E-state index is 12.6. The highest BCUT2D eigenvalue weighted by Gasteiger charge is 2.28. The van der Waals surface area contributed by atoms with Crippen LogP contribution in [0.2, 0.25) is 0 Å². The molecule has 2 N–H and O–H groups in total. The highest BCUT2D eigenvalue weighted by Crippen LogP contribution is 2.18. The molecule has 29 heavy (non-hydrogen) atoms. The normalized spacial score (nSPS) is 15.3. The van der Waals surface area contributed by atoms with Gasteiger partial charge in [-0.25, -0.2) is 22.7 Å². The summed E-state index contributed by atoms with van der Waals surface area (Å²) in [6, 6.07) is 4.16. The number of carbonyl (C=O) groups excluding carboxylic acids is 2. The number of nitrogens with zero attached hydrogens (tertiary/aromatic N) is 3. The van der Waals surface area contributed by atoms with Crippen LogP contribution in [0.25, 0.3) is 0 Å². The second kappa shape index (κ2) is 8.36. The largest absolute Gasteiger partial charge is 0.467 e. The number of carbonyl (C=O) groups is 2. The molecule has 1 aromatic heterocycles. The van der Waals surface area contributed by atoms with Crippen LogP contribution in [0.1, 0.15) is 16.2 Å². The van der Waals surface area contributed by atoms with E-state index in [1.165, 1.54) is 31.4 Å². The first-order valence-corrected chi connectivity index (χ1v) is 9.75. The first-order chi connectivity index (χ1) is 13.8. The molecule has 0 aliphatic carbocycles. The summed E-state index contributed by atoms with van der Waals surface area (Å²) in [5.41, 5.74) is -0.217. The Balaban J connectivity index is 1.74. The average molecular weight is 423 g/mol. The number of esters is 1. The van der Waals surface area contributed by atoms with Gasteiger partial charge >= 0.3 is 18.0 Å². The van der Waals surface area contributed by atoms with E-state index in [0.29, 0.717) is 6.61 Å². The maximum Gasteiger partial charge on any atom is 0.339 e. The van der Waals surface area contributed by atoms with E-state index < -0.39 is 26.9 Å². The number of rotatable bonds is 7. The van der Waals surface area contributed by atoms with Crippen LogP contribution in [0.3, 0.4) is 0 Å². The summed E-state index contributed by atoms with van der Waals surface area (Å²) in [6.07, 6.45) is -0.174. The Hall–Kier alpha value is -3.32. The van der Waals surface area contributed by atoms with E-state index in [1.54, 1.807) is 11.6 Å². The second-order valence-corrected chi connectivity index (χ2v) is 7.45. The number of hydrogen-bond donors (Lipinski definition) is 2. The van der Waals surface area contributed by atoms with Gasteiger partial charge in [-0.3, -0.25) is 5.32 Å². The zero-order valence-corrected chi connectivity index (χ0v) is 16.2. The van der Waals surface area contributed by atoms with Crippen molar-refractivity contribution in [2.45, 2.75) is 17.9 Å². The minimum atomic E-state index is -4.40. The lowest BCUT2D eigenvalue weighted by Gasteiger charge is -2.11. The number of aryl methyl sites for hydroxylation is 1. The highest BCUT2D eigenvalue weighted by molar-refractivity contribution is 7.90. The number of methoxy groups -OCH3 is 1. The lowest BCUT2D eigenvalue weighted by atomic mass is 10.2. The number of ether oxygens (including phenoxy) is 3. The molecule has 0 bridgehead atoms. The molecule has 1 aliphatic heterocycles. The Bertz CT molecular complexity index is 1040. The number of epoxide rings is 1. The Morgan fingerprint density at radius 1 is 1.24 bits per heavy atom. The third-order valence-electron chi connectivity index (χ3n) is 3.56. The molecule has 154 valence electrons. The summed E-state index contributed by atoms with van der Waals surface area (Å²) in [4.78, 5) is 35.4. The van der Waals surface area contributed by atoms with Crippen LogP contribution in [0.4, 0.5) is 10.7 Å². The van der Waals surface area contributed by atoms with Crippen LogP contribution in [-0.4, -0.2) is 61.8 Å². The van der Waals surface area contributed by atoms with E-state index in [-0.39, 0.29) is 36.1 Å². The van der Waals surface area contributed by atoms with Crippen molar-refractivity contribution >= 4 is 28.0 Å². The van der Waals surface area contributed by atoms with E-state index in [2.05, 4.69) is 20.3 Å². The van der Waals surface area contributed by atoms with Crippen LogP contribution in [-0.2, 0) is 19.5 Å². The minimum absolute atomic E-state index is 0.0156. The Labute approximate surface area is 165 Å². The van der Waals surface area contributed by atoms with Gasteiger partial charge in [0.2, 0.25) is 5.95 Å². The van der Waals surface area contributed by atoms with Gasteiger partial charge in [0.15, 0.2) is 0 Å². The lowest BCUT2D eigenvalue weighted by molar-refractivity contribution is 0.0472. The lowest BCUT2D eigenvalue weighted by Crippen LogP contribution is -2.35. The number of hydrogen-bond acceptors (Lipinski definition) is 10. The smallest absolute Gasteiger partial charge is 0.339 e. The summed E-state index contributed by atoms with van der Waals surface area (Å²) in [7, 11) is -3.07. The van der Waals surface area contributed by atoms with Crippen molar-refractivity contribution in [2.75, 3.05) is 25.6 Å². The molecule has 1 saturated heterocycles. The molecule has 12 nitrogen and oxygen atoms in total. The molecular weight excluding hydrogens is 406 g/mol. The van der Waals surface area contributed by atoms with Crippen molar-refractivity contribution < 1.29 is 32.2 Å².